The smallest absolute Gasteiger partial charge is 0.433 e. The molecule has 0 unspecified atom stereocenters. The predicted octanol–water partition coefficient (Wildman–Crippen LogP) is 1.99. The molecule has 2 rings (SSSR count). The summed E-state index contributed by atoms with van der Waals surface area (Å²) in [6, 6.07) is 2.98. The number of carbonyl (C=O) groups is 2. The number of rotatable bonds is 5. The van der Waals surface area contributed by atoms with Crippen LogP contribution in [0, 0.1) is 5.92 Å². The molecule has 1 aromatic rings. The second-order valence-corrected chi connectivity index (χ2v) is 5.54. The number of halogens is 3. The Hall–Kier alpha value is -2.52. The molecule has 10 heteroatoms. The van der Waals surface area contributed by atoms with Crippen LogP contribution in [0.3, 0.4) is 0 Å². The first-order valence-corrected chi connectivity index (χ1v) is 7.70. The number of nitrogens with zero attached hydrogens (tertiary/aromatic N) is 2. The van der Waals surface area contributed by atoms with Crippen molar-refractivity contribution in [1.82, 2.24) is 15.2 Å². The van der Waals surface area contributed by atoms with Crippen molar-refractivity contribution >= 4 is 12.0 Å². The molecule has 1 aliphatic heterocycles. The third kappa shape index (κ3) is 5.50. The van der Waals surface area contributed by atoms with Gasteiger partial charge in [0.05, 0.1) is 12.5 Å². The van der Waals surface area contributed by atoms with E-state index in [1.165, 1.54) is 17.0 Å². The lowest BCUT2D eigenvalue weighted by atomic mass is 9.97. The van der Waals surface area contributed by atoms with E-state index in [2.05, 4.69) is 10.3 Å². The van der Waals surface area contributed by atoms with Crippen molar-refractivity contribution in [3.63, 3.8) is 0 Å². The summed E-state index contributed by atoms with van der Waals surface area (Å²) >= 11 is 0. The summed E-state index contributed by atoms with van der Waals surface area (Å²) in [6.45, 7) is 0.749. The van der Waals surface area contributed by atoms with Crippen LogP contribution in [0.2, 0.25) is 0 Å². The second kappa shape index (κ2) is 8.04. The van der Waals surface area contributed by atoms with Crippen molar-refractivity contribution in [2.75, 3.05) is 26.2 Å². The van der Waals surface area contributed by atoms with Crippen LogP contribution < -0.4 is 10.1 Å². The Kier molecular flexibility index (Phi) is 6.05. The normalized spacial score (nSPS) is 15.7. The number of urea groups is 1. The number of ether oxygens (including phenoxy) is 1. The maximum atomic E-state index is 12.5. The highest BCUT2D eigenvalue weighted by Crippen LogP contribution is 2.28. The minimum Gasteiger partial charge on any atom is -0.481 e. The Balaban J connectivity index is 1.71. The van der Waals surface area contributed by atoms with E-state index in [-0.39, 0.29) is 25.1 Å². The molecule has 0 atom stereocenters. The number of aromatic nitrogens is 1. The van der Waals surface area contributed by atoms with Gasteiger partial charge in [-0.25, -0.2) is 9.78 Å². The fraction of sp³-hybridized carbons (Fsp3) is 0.533. The fourth-order valence-electron chi connectivity index (χ4n) is 2.41. The van der Waals surface area contributed by atoms with Gasteiger partial charge in [0, 0.05) is 19.2 Å². The topological polar surface area (TPSA) is 91.8 Å². The van der Waals surface area contributed by atoms with E-state index in [1.807, 2.05) is 0 Å². The predicted molar refractivity (Wildman–Crippen MR) is 80.1 cm³/mol. The molecule has 25 heavy (non-hydrogen) atoms. The van der Waals surface area contributed by atoms with Gasteiger partial charge in [0.1, 0.15) is 12.3 Å². The highest BCUT2D eigenvalue weighted by molar-refractivity contribution is 5.75. The van der Waals surface area contributed by atoms with Crippen molar-refractivity contribution < 1.29 is 32.6 Å². The lowest BCUT2D eigenvalue weighted by Crippen LogP contribution is -2.46. The zero-order valence-electron chi connectivity index (χ0n) is 13.3. The summed E-state index contributed by atoms with van der Waals surface area (Å²) in [5.74, 6) is -1.47. The summed E-state index contributed by atoms with van der Waals surface area (Å²) < 4.78 is 42.7. The monoisotopic (exact) mass is 361 g/mol. The third-order valence-electron chi connectivity index (χ3n) is 3.77. The molecule has 0 aliphatic carbocycles. The Morgan fingerprint density at radius 3 is 2.60 bits per heavy atom. The summed E-state index contributed by atoms with van der Waals surface area (Å²) in [6.07, 6.45) is -3.75. The molecular formula is C15H18F3N3O4. The van der Waals surface area contributed by atoms with E-state index in [0.29, 0.717) is 25.9 Å². The lowest BCUT2D eigenvalue weighted by Gasteiger charge is -2.30. The number of amides is 2. The van der Waals surface area contributed by atoms with Gasteiger partial charge in [-0.05, 0) is 18.9 Å². The average Bonchev–Trinajstić information content (AvgIpc) is 2.58. The van der Waals surface area contributed by atoms with Crippen molar-refractivity contribution in [1.29, 1.82) is 0 Å². The zero-order valence-corrected chi connectivity index (χ0v) is 13.3. The number of likely N-dealkylation sites (tertiary alicyclic amines) is 1. The Bertz CT molecular complexity index is 616. The van der Waals surface area contributed by atoms with Crippen LogP contribution >= 0.6 is 0 Å². The Morgan fingerprint density at radius 1 is 1.32 bits per heavy atom. The van der Waals surface area contributed by atoms with Gasteiger partial charge in [-0.2, -0.15) is 13.2 Å². The minimum atomic E-state index is -4.55. The summed E-state index contributed by atoms with van der Waals surface area (Å²) in [4.78, 5) is 27.6. The fourth-order valence-corrected chi connectivity index (χ4v) is 2.41. The van der Waals surface area contributed by atoms with Crippen LogP contribution in [0.15, 0.2) is 18.2 Å². The van der Waals surface area contributed by atoms with Gasteiger partial charge in [0.15, 0.2) is 0 Å². The Morgan fingerprint density at radius 2 is 2.00 bits per heavy atom. The second-order valence-electron chi connectivity index (χ2n) is 5.54. The number of carboxylic acid groups (broad SMARTS) is 1. The lowest BCUT2D eigenvalue weighted by molar-refractivity contribution is -0.143. The van der Waals surface area contributed by atoms with Gasteiger partial charge in [-0.15, -0.1) is 0 Å². The molecule has 1 aliphatic rings. The first kappa shape index (κ1) is 18.8. The zero-order chi connectivity index (χ0) is 18.4. The summed E-state index contributed by atoms with van der Waals surface area (Å²) in [5.41, 5.74) is -1.05. The number of aliphatic carboxylic acids is 1. The standard InChI is InChI=1S/C15H18F3N3O4/c16-15(17,18)11-2-1-3-12(20-11)25-9-6-19-14(24)21-7-4-10(5-8-21)13(22)23/h1-3,10H,4-9H2,(H,19,24)(H,22,23). The van der Waals surface area contributed by atoms with Gasteiger partial charge in [-0.3, -0.25) is 4.79 Å². The average molecular weight is 361 g/mol. The minimum absolute atomic E-state index is 0.0361. The van der Waals surface area contributed by atoms with Crippen LogP contribution in [0.5, 0.6) is 5.88 Å². The van der Waals surface area contributed by atoms with E-state index >= 15 is 0 Å². The number of piperidine rings is 1. The van der Waals surface area contributed by atoms with Crippen molar-refractivity contribution in [3.05, 3.63) is 23.9 Å². The molecule has 1 fully saturated rings. The molecule has 1 aromatic heterocycles. The highest BCUT2D eigenvalue weighted by Gasteiger charge is 2.32. The SMILES string of the molecule is O=C(O)C1CCN(C(=O)NCCOc2cccc(C(F)(F)F)n2)CC1. The van der Waals surface area contributed by atoms with E-state index in [4.69, 9.17) is 9.84 Å². The molecule has 1 saturated heterocycles. The molecule has 2 heterocycles. The molecule has 138 valence electrons. The first-order valence-electron chi connectivity index (χ1n) is 7.70. The van der Waals surface area contributed by atoms with Gasteiger partial charge in [-0.1, -0.05) is 6.07 Å². The van der Waals surface area contributed by atoms with Crippen LogP contribution in [0.25, 0.3) is 0 Å². The third-order valence-corrected chi connectivity index (χ3v) is 3.77. The van der Waals surface area contributed by atoms with E-state index in [1.54, 1.807) is 0 Å². The number of carbonyl (C=O) groups excluding carboxylic acids is 1. The van der Waals surface area contributed by atoms with E-state index in [9.17, 15) is 22.8 Å². The largest absolute Gasteiger partial charge is 0.481 e. The number of hydrogen-bond donors (Lipinski definition) is 2. The molecule has 7 nitrogen and oxygen atoms in total. The summed E-state index contributed by atoms with van der Waals surface area (Å²) in [5, 5.41) is 11.5. The summed E-state index contributed by atoms with van der Waals surface area (Å²) in [7, 11) is 0. The molecule has 0 spiro atoms. The van der Waals surface area contributed by atoms with Crippen LogP contribution in [-0.2, 0) is 11.0 Å². The molecule has 0 aromatic carbocycles. The van der Waals surface area contributed by atoms with Crippen molar-refractivity contribution in [3.8, 4) is 5.88 Å². The van der Waals surface area contributed by atoms with Gasteiger partial charge in [0.25, 0.3) is 0 Å². The maximum Gasteiger partial charge on any atom is 0.433 e. The number of alkyl halides is 3. The molecule has 0 saturated carbocycles. The maximum absolute atomic E-state index is 12.5. The van der Waals surface area contributed by atoms with Gasteiger partial charge in [0.2, 0.25) is 5.88 Å². The molecule has 0 radical (unpaired) electrons. The molecule has 2 amide bonds. The van der Waals surface area contributed by atoms with Gasteiger partial charge >= 0.3 is 18.2 Å². The number of nitrogens with one attached hydrogen (secondary N) is 1. The number of pyridine rings is 1. The van der Waals surface area contributed by atoms with Crippen molar-refractivity contribution in [2.24, 2.45) is 5.92 Å². The van der Waals surface area contributed by atoms with E-state index < -0.39 is 23.8 Å². The molecule has 2 N–H and O–H groups in total. The molecule has 0 bridgehead atoms. The van der Waals surface area contributed by atoms with E-state index in [0.717, 1.165) is 6.07 Å². The quantitative estimate of drug-likeness (QED) is 0.783. The highest BCUT2D eigenvalue weighted by atomic mass is 19.4. The van der Waals surface area contributed by atoms with Gasteiger partial charge < -0.3 is 20.1 Å². The van der Waals surface area contributed by atoms with Crippen LogP contribution in [-0.4, -0.2) is 53.2 Å². The first-order chi connectivity index (χ1) is 11.8. The number of hydrogen-bond acceptors (Lipinski definition) is 4. The molecular weight excluding hydrogens is 343 g/mol. The van der Waals surface area contributed by atoms with Crippen molar-refractivity contribution in [2.45, 2.75) is 19.0 Å². The van der Waals surface area contributed by atoms with Crippen LogP contribution in [0.1, 0.15) is 18.5 Å². The van der Waals surface area contributed by atoms with Crippen LogP contribution in [0.4, 0.5) is 18.0 Å². The Labute approximate surface area is 141 Å². The number of carboxylic acids is 1.